The third-order valence-corrected chi connectivity index (χ3v) is 1.88. The maximum atomic E-state index is 10.5. The van der Waals surface area contributed by atoms with E-state index in [1.54, 1.807) is 0 Å². The van der Waals surface area contributed by atoms with E-state index in [0.717, 1.165) is 19.3 Å². The highest BCUT2D eigenvalue weighted by atomic mass is 16.1. The molecular weight excluding hydrogens is 116 g/mol. The van der Waals surface area contributed by atoms with Gasteiger partial charge in [-0.05, 0) is 19.3 Å². The first-order chi connectivity index (χ1) is 4.20. The molecule has 0 aromatic rings. The van der Waals surface area contributed by atoms with Crippen LogP contribution in [-0.2, 0) is 4.79 Å². The predicted molar refractivity (Wildman–Crippen MR) is 34.5 cm³/mol. The van der Waals surface area contributed by atoms with Crippen molar-refractivity contribution in [2.24, 2.45) is 17.4 Å². The zero-order chi connectivity index (χ0) is 6.85. The number of rotatable bonds is 1. The third-order valence-electron chi connectivity index (χ3n) is 1.88. The average Bonchev–Trinajstić information content (AvgIpc) is 2.14. The summed E-state index contributed by atoms with van der Waals surface area (Å²) in [7, 11) is 0. The molecule has 1 aliphatic carbocycles. The largest absolute Gasteiger partial charge is 0.369 e. The van der Waals surface area contributed by atoms with Crippen molar-refractivity contribution in [1.29, 1.82) is 0 Å². The van der Waals surface area contributed by atoms with Gasteiger partial charge in [0.05, 0.1) is 0 Å². The van der Waals surface area contributed by atoms with E-state index in [0.29, 0.717) is 0 Å². The van der Waals surface area contributed by atoms with Crippen LogP contribution in [0.4, 0.5) is 0 Å². The molecule has 1 saturated carbocycles. The Bertz CT molecular complexity index is 124. The second-order valence-corrected chi connectivity index (χ2v) is 2.67. The lowest BCUT2D eigenvalue weighted by molar-refractivity contribution is -0.121. The molecule has 2 atom stereocenters. The summed E-state index contributed by atoms with van der Waals surface area (Å²) in [6.45, 7) is 0. The van der Waals surface area contributed by atoms with Crippen molar-refractivity contribution in [3.05, 3.63) is 0 Å². The number of primary amides is 1. The number of carbonyl (C=O) groups is 1. The minimum Gasteiger partial charge on any atom is -0.369 e. The molecule has 0 aliphatic heterocycles. The Balaban J connectivity index is 2.39. The van der Waals surface area contributed by atoms with E-state index < -0.39 is 0 Å². The first kappa shape index (κ1) is 6.55. The van der Waals surface area contributed by atoms with Crippen LogP contribution in [0.1, 0.15) is 19.3 Å². The molecule has 0 spiro atoms. The Labute approximate surface area is 54.4 Å². The van der Waals surface area contributed by atoms with Crippen LogP contribution in [0.2, 0.25) is 0 Å². The fraction of sp³-hybridized carbons (Fsp3) is 0.833. The second kappa shape index (κ2) is 2.35. The summed E-state index contributed by atoms with van der Waals surface area (Å²) in [5.41, 5.74) is 10.6. The molecule has 3 heteroatoms. The van der Waals surface area contributed by atoms with Gasteiger partial charge in [-0.3, -0.25) is 4.79 Å². The van der Waals surface area contributed by atoms with Crippen molar-refractivity contribution in [1.82, 2.24) is 0 Å². The van der Waals surface area contributed by atoms with Crippen molar-refractivity contribution >= 4 is 5.91 Å². The molecular formula is C6H12N2O. The highest BCUT2D eigenvalue weighted by Crippen LogP contribution is 2.22. The molecule has 0 aromatic carbocycles. The summed E-state index contributed by atoms with van der Waals surface area (Å²) in [5, 5.41) is 0. The first-order valence-electron chi connectivity index (χ1n) is 3.25. The van der Waals surface area contributed by atoms with Gasteiger partial charge in [-0.1, -0.05) is 0 Å². The summed E-state index contributed by atoms with van der Waals surface area (Å²) < 4.78 is 0. The van der Waals surface area contributed by atoms with Crippen molar-refractivity contribution in [3.63, 3.8) is 0 Å². The normalized spacial score (nSPS) is 34.8. The van der Waals surface area contributed by atoms with Gasteiger partial charge in [0, 0.05) is 12.0 Å². The summed E-state index contributed by atoms with van der Waals surface area (Å²) in [5.74, 6) is -0.136. The quantitative estimate of drug-likeness (QED) is 0.504. The van der Waals surface area contributed by atoms with Gasteiger partial charge in [0.15, 0.2) is 0 Å². The second-order valence-electron chi connectivity index (χ2n) is 2.67. The molecule has 1 fully saturated rings. The highest BCUT2D eigenvalue weighted by Gasteiger charge is 2.25. The van der Waals surface area contributed by atoms with Gasteiger partial charge in [-0.25, -0.2) is 0 Å². The minimum atomic E-state index is -0.192. The zero-order valence-electron chi connectivity index (χ0n) is 5.34. The van der Waals surface area contributed by atoms with Gasteiger partial charge in [0.2, 0.25) is 5.91 Å². The van der Waals surface area contributed by atoms with Crippen LogP contribution in [0.5, 0.6) is 0 Å². The average molecular weight is 128 g/mol. The Morgan fingerprint density at radius 3 is 2.33 bits per heavy atom. The molecule has 1 aliphatic rings. The lowest BCUT2D eigenvalue weighted by Crippen LogP contribution is -2.23. The molecule has 1 amide bonds. The topological polar surface area (TPSA) is 69.1 Å². The number of hydrogen-bond donors (Lipinski definition) is 2. The fourth-order valence-electron chi connectivity index (χ4n) is 1.27. The standard InChI is InChI=1S/C6H12N2O/c7-5-2-1-4(3-5)6(8)9/h4-5H,1-3,7H2,(H2,8,9)/t4-,5-/m0/s1. The van der Waals surface area contributed by atoms with E-state index in [4.69, 9.17) is 11.5 Å². The van der Waals surface area contributed by atoms with Crippen LogP contribution < -0.4 is 11.5 Å². The first-order valence-corrected chi connectivity index (χ1v) is 3.25. The lowest BCUT2D eigenvalue weighted by Gasteiger charge is -2.01. The van der Waals surface area contributed by atoms with Crippen molar-refractivity contribution in [2.45, 2.75) is 25.3 Å². The molecule has 0 unspecified atom stereocenters. The van der Waals surface area contributed by atoms with Crippen LogP contribution in [0.15, 0.2) is 0 Å². The molecule has 0 bridgehead atoms. The molecule has 3 nitrogen and oxygen atoms in total. The summed E-state index contributed by atoms with van der Waals surface area (Å²) in [4.78, 5) is 10.5. The number of carbonyl (C=O) groups excluding carboxylic acids is 1. The summed E-state index contributed by atoms with van der Waals surface area (Å²) in [6, 6.07) is 0.211. The van der Waals surface area contributed by atoms with Crippen LogP contribution >= 0.6 is 0 Å². The van der Waals surface area contributed by atoms with Crippen LogP contribution in [-0.4, -0.2) is 11.9 Å². The van der Waals surface area contributed by atoms with Gasteiger partial charge in [-0.2, -0.15) is 0 Å². The summed E-state index contributed by atoms with van der Waals surface area (Å²) in [6.07, 6.45) is 2.62. The number of nitrogens with two attached hydrogens (primary N) is 2. The van der Waals surface area contributed by atoms with Gasteiger partial charge >= 0.3 is 0 Å². The van der Waals surface area contributed by atoms with E-state index in [9.17, 15) is 4.79 Å². The molecule has 4 N–H and O–H groups in total. The Kier molecular flexibility index (Phi) is 1.71. The number of hydrogen-bond acceptors (Lipinski definition) is 2. The minimum absolute atomic E-state index is 0.0556. The molecule has 52 valence electrons. The summed E-state index contributed by atoms with van der Waals surface area (Å²) >= 11 is 0. The molecule has 0 heterocycles. The molecule has 9 heavy (non-hydrogen) atoms. The molecule has 0 aromatic heterocycles. The van der Waals surface area contributed by atoms with E-state index in [-0.39, 0.29) is 17.9 Å². The Morgan fingerprint density at radius 1 is 1.44 bits per heavy atom. The van der Waals surface area contributed by atoms with Gasteiger partial charge in [0.25, 0.3) is 0 Å². The van der Waals surface area contributed by atoms with Crippen molar-refractivity contribution in [3.8, 4) is 0 Å². The molecule has 1 rings (SSSR count). The predicted octanol–water partition coefficient (Wildman–Crippen LogP) is -0.401. The zero-order valence-corrected chi connectivity index (χ0v) is 5.34. The van der Waals surface area contributed by atoms with Crippen LogP contribution in [0.25, 0.3) is 0 Å². The monoisotopic (exact) mass is 128 g/mol. The van der Waals surface area contributed by atoms with E-state index in [1.807, 2.05) is 0 Å². The van der Waals surface area contributed by atoms with Crippen LogP contribution in [0.3, 0.4) is 0 Å². The highest BCUT2D eigenvalue weighted by molar-refractivity contribution is 5.76. The van der Waals surface area contributed by atoms with Crippen molar-refractivity contribution < 1.29 is 4.79 Å². The third kappa shape index (κ3) is 1.42. The maximum Gasteiger partial charge on any atom is 0.220 e. The Hall–Kier alpha value is -0.570. The smallest absolute Gasteiger partial charge is 0.220 e. The van der Waals surface area contributed by atoms with E-state index >= 15 is 0 Å². The van der Waals surface area contributed by atoms with Crippen LogP contribution in [0, 0.1) is 5.92 Å². The Morgan fingerprint density at radius 2 is 2.11 bits per heavy atom. The van der Waals surface area contributed by atoms with E-state index in [1.165, 1.54) is 0 Å². The van der Waals surface area contributed by atoms with E-state index in [2.05, 4.69) is 0 Å². The number of amides is 1. The fourth-order valence-corrected chi connectivity index (χ4v) is 1.27. The molecule has 0 radical (unpaired) electrons. The van der Waals surface area contributed by atoms with Gasteiger partial charge in [0.1, 0.15) is 0 Å². The lowest BCUT2D eigenvalue weighted by atomic mass is 10.1. The molecule has 0 saturated heterocycles. The van der Waals surface area contributed by atoms with Gasteiger partial charge in [-0.15, -0.1) is 0 Å². The van der Waals surface area contributed by atoms with Crippen molar-refractivity contribution in [2.75, 3.05) is 0 Å². The maximum absolute atomic E-state index is 10.5. The van der Waals surface area contributed by atoms with Gasteiger partial charge < -0.3 is 11.5 Å². The SMILES string of the molecule is NC(=O)[C@H]1CC[C@H](N)C1.